The van der Waals surface area contributed by atoms with Crippen molar-refractivity contribution in [2.45, 2.75) is 25.8 Å². The Labute approximate surface area is 206 Å². The van der Waals surface area contributed by atoms with Gasteiger partial charge in [0.15, 0.2) is 17.3 Å². The van der Waals surface area contributed by atoms with E-state index in [2.05, 4.69) is 15.1 Å². The molecule has 0 spiro atoms. The van der Waals surface area contributed by atoms with Gasteiger partial charge in [-0.25, -0.2) is 27.8 Å². The Morgan fingerprint density at radius 3 is 2.30 bits per heavy atom. The highest BCUT2D eigenvalue weighted by Crippen LogP contribution is 2.37. The van der Waals surface area contributed by atoms with Gasteiger partial charge in [0.1, 0.15) is 29.4 Å². The molecule has 0 saturated carbocycles. The standard InChI is InChI=1S/C24H19F5N6O2/c1-11(36)34-6-4-12(5-7-34)35-24-18(23(30)31-10-32-24)21(33-35)14-3-2-13(8-15(14)25)37-22-19(28)16(26)9-17(27)20(22)29/h2-3,8-10,12H,4-7H2,1H3,(H2,30,31,32). The van der Waals surface area contributed by atoms with Crippen LogP contribution in [-0.2, 0) is 4.79 Å². The maximum Gasteiger partial charge on any atom is 0.219 e. The van der Waals surface area contributed by atoms with E-state index in [-0.39, 0.29) is 35.1 Å². The molecule has 8 nitrogen and oxygen atoms in total. The lowest BCUT2D eigenvalue weighted by molar-refractivity contribution is -0.130. The largest absolute Gasteiger partial charge is 0.451 e. The number of halogens is 5. The molecule has 4 aromatic rings. The number of hydrogen-bond acceptors (Lipinski definition) is 6. The normalized spacial score (nSPS) is 14.4. The summed E-state index contributed by atoms with van der Waals surface area (Å²) in [4.78, 5) is 21.7. The van der Waals surface area contributed by atoms with E-state index in [4.69, 9.17) is 10.5 Å². The smallest absolute Gasteiger partial charge is 0.219 e. The third-order valence-corrected chi connectivity index (χ3v) is 6.26. The molecule has 192 valence electrons. The van der Waals surface area contributed by atoms with E-state index < -0.39 is 40.6 Å². The van der Waals surface area contributed by atoms with Crippen LogP contribution in [0.5, 0.6) is 11.5 Å². The lowest BCUT2D eigenvalue weighted by Crippen LogP contribution is -2.37. The van der Waals surface area contributed by atoms with Gasteiger partial charge in [-0.3, -0.25) is 4.79 Å². The van der Waals surface area contributed by atoms with E-state index in [1.165, 1.54) is 19.3 Å². The van der Waals surface area contributed by atoms with Gasteiger partial charge in [-0.15, -0.1) is 0 Å². The van der Waals surface area contributed by atoms with Crippen molar-refractivity contribution < 1.29 is 31.5 Å². The van der Waals surface area contributed by atoms with Crippen molar-refractivity contribution >= 4 is 22.8 Å². The first-order valence-electron chi connectivity index (χ1n) is 11.2. The Bertz CT molecular complexity index is 1510. The van der Waals surface area contributed by atoms with Crippen LogP contribution in [-0.4, -0.2) is 43.6 Å². The molecular formula is C24H19F5N6O2. The number of carbonyl (C=O) groups excluding carboxylic acids is 1. The van der Waals surface area contributed by atoms with Crippen LogP contribution in [0.4, 0.5) is 27.8 Å². The minimum Gasteiger partial charge on any atom is -0.451 e. The zero-order chi connectivity index (χ0) is 26.4. The van der Waals surface area contributed by atoms with Gasteiger partial charge in [0, 0.05) is 37.7 Å². The summed E-state index contributed by atoms with van der Waals surface area (Å²) in [6.45, 7) is 2.54. The predicted octanol–water partition coefficient (Wildman–Crippen LogP) is 4.75. The molecule has 1 saturated heterocycles. The summed E-state index contributed by atoms with van der Waals surface area (Å²) in [5, 5.41) is 4.87. The van der Waals surface area contributed by atoms with Gasteiger partial charge in [-0.1, -0.05) is 0 Å². The number of aromatic nitrogens is 4. The van der Waals surface area contributed by atoms with Gasteiger partial charge < -0.3 is 15.4 Å². The predicted molar refractivity (Wildman–Crippen MR) is 122 cm³/mol. The fraction of sp³-hybridized carbons (Fsp3) is 0.250. The van der Waals surface area contributed by atoms with E-state index in [1.807, 2.05) is 0 Å². The SMILES string of the molecule is CC(=O)N1CCC(n2nc(-c3ccc(Oc4c(F)c(F)cc(F)c4F)cc3F)c3c(N)ncnc32)CC1. The van der Waals surface area contributed by atoms with Crippen LogP contribution in [0.3, 0.4) is 0 Å². The monoisotopic (exact) mass is 518 g/mol. The second-order valence-electron chi connectivity index (χ2n) is 8.53. The number of nitrogen functional groups attached to an aromatic ring is 1. The topological polar surface area (TPSA) is 99.2 Å². The van der Waals surface area contributed by atoms with E-state index in [9.17, 15) is 22.4 Å². The summed E-state index contributed by atoms with van der Waals surface area (Å²) in [6, 6.07) is 3.09. The van der Waals surface area contributed by atoms with Gasteiger partial charge in [0.25, 0.3) is 0 Å². The van der Waals surface area contributed by atoms with Crippen LogP contribution in [0.15, 0.2) is 30.6 Å². The Balaban J connectivity index is 1.52. The third-order valence-electron chi connectivity index (χ3n) is 6.26. The van der Waals surface area contributed by atoms with Crippen LogP contribution in [0, 0.1) is 29.1 Å². The summed E-state index contributed by atoms with van der Waals surface area (Å²) in [7, 11) is 0. The number of amides is 1. The van der Waals surface area contributed by atoms with Crippen LogP contribution in [0.25, 0.3) is 22.3 Å². The molecule has 0 bridgehead atoms. The molecule has 5 rings (SSSR count). The zero-order valence-corrected chi connectivity index (χ0v) is 19.3. The molecule has 0 unspecified atom stereocenters. The first-order chi connectivity index (χ1) is 17.7. The summed E-state index contributed by atoms with van der Waals surface area (Å²) >= 11 is 0. The fourth-order valence-corrected chi connectivity index (χ4v) is 4.37. The lowest BCUT2D eigenvalue weighted by atomic mass is 10.1. The summed E-state index contributed by atoms with van der Waals surface area (Å²) in [6.07, 6.45) is 2.45. The number of piperidine rings is 1. The number of fused-ring (bicyclic) bond motifs is 1. The quantitative estimate of drug-likeness (QED) is 0.309. The minimum atomic E-state index is -1.76. The van der Waals surface area contributed by atoms with Crippen molar-refractivity contribution in [2.75, 3.05) is 18.8 Å². The molecule has 2 N–H and O–H groups in total. The van der Waals surface area contributed by atoms with Gasteiger partial charge in [0.2, 0.25) is 23.3 Å². The first kappa shape index (κ1) is 24.4. The van der Waals surface area contributed by atoms with Gasteiger partial charge in [-0.2, -0.15) is 13.9 Å². The van der Waals surface area contributed by atoms with Crippen molar-refractivity contribution in [3.8, 4) is 22.8 Å². The summed E-state index contributed by atoms with van der Waals surface area (Å²) < 4.78 is 76.8. The highest BCUT2D eigenvalue weighted by atomic mass is 19.2. The fourth-order valence-electron chi connectivity index (χ4n) is 4.37. The Morgan fingerprint density at radius 1 is 1.00 bits per heavy atom. The van der Waals surface area contributed by atoms with Crippen molar-refractivity contribution in [1.82, 2.24) is 24.6 Å². The second-order valence-corrected chi connectivity index (χ2v) is 8.53. The number of nitrogens with zero attached hydrogens (tertiary/aromatic N) is 5. The first-order valence-corrected chi connectivity index (χ1v) is 11.2. The van der Waals surface area contributed by atoms with Gasteiger partial charge >= 0.3 is 0 Å². The molecule has 3 heterocycles. The molecule has 13 heteroatoms. The molecular weight excluding hydrogens is 499 g/mol. The Hall–Kier alpha value is -4.29. The van der Waals surface area contributed by atoms with Gasteiger partial charge in [0.05, 0.1) is 11.4 Å². The number of likely N-dealkylation sites (tertiary alicyclic amines) is 1. The van der Waals surface area contributed by atoms with E-state index in [0.29, 0.717) is 37.0 Å². The van der Waals surface area contributed by atoms with E-state index in [1.54, 1.807) is 9.58 Å². The Morgan fingerprint density at radius 2 is 1.68 bits per heavy atom. The number of anilines is 1. The number of ether oxygens (including phenoxy) is 1. The molecule has 2 aromatic heterocycles. The van der Waals surface area contributed by atoms with E-state index >= 15 is 4.39 Å². The molecule has 1 fully saturated rings. The van der Waals surface area contributed by atoms with Gasteiger partial charge in [-0.05, 0) is 25.0 Å². The molecule has 37 heavy (non-hydrogen) atoms. The van der Waals surface area contributed by atoms with Crippen LogP contribution < -0.4 is 10.5 Å². The number of rotatable bonds is 4. The second kappa shape index (κ2) is 9.30. The molecule has 0 aliphatic carbocycles. The summed E-state index contributed by atoms with van der Waals surface area (Å²) in [5.41, 5.74) is 6.55. The third kappa shape index (κ3) is 4.30. The highest BCUT2D eigenvalue weighted by molar-refractivity contribution is 5.98. The highest BCUT2D eigenvalue weighted by Gasteiger charge is 2.28. The average Bonchev–Trinajstić information content (AvgIpc) is 3.26. The number of nitrogens with two attached hydrogens (primary N) is 1. The number of carbonyl (C=O) groups is 1. The van der Waals surface area contributed by atoms with Crippen molar-refractivity contribution in [3.63, 3.8) is 0 Å². The molecule has 0 radical (unpaired) electrons. The van der Waals surface area contributed by atoms with Crippen molar-refractivity contribution in [2.24, 2.45) is 0 Å². The average molecular weight is 518 g/mol. The molecule has 1 aliphatic heterocycles. The summed E-state index contributed by atoms with van der Waals surface area (Å²) in [5.74, 6) is -9.45. The lowest BCUT2D eigenvalue weighted by Gasteiger charge is -2.31. The maximum atomic E-state index is 15.3. The number of hydrogen-bond donors (Lipinski definition) is 1. The zero-order valence-electron chi connectivity index (χ0n) is 19.3. The minimum absolute atomic E-state index is 0.0267. The molecule has 0 atom stereocenters. The van der Waals surface area contributed by atoms with Crippen LogP contribution in [0.1, 0.15) is 25.8 Å². The van der Waals surface area contributed by atoms with Crippen LogP contribution in [0.2, 0.25) is 0 Å². The maximum absolute atomic E-state index is 15.3. The molecule has 1 amide bonds. The number of benzene rings is 2. The van der Waals surface area contributed by atoms with E-state index in [0.717, 1.165) is 12.1 Å². The molecule has 2 aromatic carbocycles. The van der Waals surface area contributed by atoms with Crippen molar-refractivity contribution in [1.29, 1.82) is 0 Å². The Kier molecular flexibility index (Phi) is 6.13. The van der Waals surface area contributed by atoms with Crippen molar-refractivity contribution in [3.05, 3.63) is 59.7 Å². The molecule has 1 aliphatic rings. The van der Waals surface area contributed by atoms with Crippen LogP contribution >= 0.6 is 0 Å².